The molecule has 2 unspecified atom stereocenters. The Morgan fingerprint density at radius 3 is 1.78 bits per heavy atom. The number of amides is 1. The van der Waals surface area contributed by atoms with Crippen molar-refractivity contribution in [1.82, 2.24) is 5.32 Å². The average Bonchev–Trinajstić information content (AvgIpc) is 2.88. The van der Waals surface area contributed by atoms with Gasteiger partial charge in [-0.05, 0) is 57.8 Å². The highest BCUT2D eigenvalue weighted by molar-refractivity contribution is 5.77. The minimum atomic E-state index is -0.902. The number of aliphatic hydroxyl groups is 2. The second kappa shape index (κ2) is 27.2. The molecule has 0 saturated carbocycles. The molecule has 0 aromatic carbocycles. The van der Waals surface area contributed by atoms with Crippen molar-refractivity contribution in [2.45, 2.75) is 103 Å². The lowest BCUT2D eigenvalue weighted by molar-refractivity contribution is -0.122. The first-order chi connectivity index (χ1) is 17.7. The van der Waals surface area contributed by atoms with E-state index in [2.05, 4.69) is 79.9 Å². The molecule has 2 atom stereocenters. The van der Waals surface area contributed by atoms with Gasteiger partial charge in [0.15, 0.2) is 0 Å². The quantitative estimate of drug-likeness (QED) is 0.108. The molecule has 0 aliphatic carbocycles. The van der Waals surface area contributed by atoms with Crippen LogP contribution in [0.2, 0.25) is 0 Å². The zero-order valence-corrected chi connectivity index (χ0v) is 22.7. The summed E-state index contributed by atoms with van der Waals surface area (Å²) < 4.78 is 0. The van der Waals surface area contributed by atoms with Crippen molar-refractivity contribution in [2.24, 2.45) is 0 Å². The summed E-state index contributed by atoms with van der Waals surface area (Å²) in [5.74, 6) is -0.210. The Morgan fingerprint density at radius 1 is 0.694 bits per heavy atom. The van der Waals surface area contributed by atoms with E-state index < -0.39 is 12.1 Å². The molecule has 4 heteroatoms. The molecule has 1 amide bonds. The minimum absolute atomic E-state index is 0.210. The number of nitrogens with one attached hydrogen (secondary N) is 1. The van der Waals surface area contributed by atoms with Gasteiger partial charge in [0.2, 0.25) is 5.91 Å². The van der Waals surface area contributed by atoms with Gasteiger partial charge in [-0.1, -0.05) is 112 Å². The van der Waals surface area contributed by atoms with Crippen LogP contribution in [0.25, 0.3) is 0 Å². The van der Waals surface area contributed by atoms with Crippen LogP contribution in [0.3, 0.4) is 0 Å². The summed E-state index contributed by atoms with van der Waals surface area (Å²) in [5.41, 5.74) is 0. The largest absolute Gasteiger partial charge is 0.394 e. The summed E-state index contributed by atoms with van der Waals surface area (Å²) in [6.45, 7) is 4.03. The van der Waals surface area contributed by atoms with Crippen LogP contribution in [0.4, 0.5) is 0 Å². The van der Waals surface area contributed by atoms with Crippen LogP contribution in [0.1, 0.15) is 90.9 Å². The van der Waals surface area contributed by atoms with Crippen LogP contribution < -0.4 is 5.32 Å². The maximum Gasteiger partial charge on any atom is 0.224 e. The molecule has 0 aliphatic heterocycles. The first-order valence-corrected chi connectivity index (χ1v) is 13.8. The van der Waals surface area contributed by atoms with E-state index in [1.807, 2.05) is 18.2 Å². The predicted octanol–water partition coefficient (Wildman–Crippen LogP) is 7.44. The number of unbranched alkanes of at least 4 members (excludes halogenated alkanes) is 4. The predicted molar refractivity (Wildman–Crippen MR) is 156 cm³/mol. The lowest BCUT2D eigenvalue weighted by atomic mass is 10.1. The molecule has 0 heterocycles. The van der Waals surface area contributed by atoms with Gasteiger partial charge in [0.25, 0.3) is 0 Å². The third-order valence-corrected chi connectivity index (χ3v) is 5.39. The molecule has 0 aliphatic rings. The van der Waals surface area contributed by atoms with Gasteiger partial charge in [0, 0.05) is 6.42 Å². The highest BCUT2D eigenvalue weighted by atomic mass is 16.3. The maximum atomic E-state index is 12.1. The molecule has 0 rings (SSSR count). The van der Waals surface area contributed by atoms with E-state index in [0.717, 1.165) is 51.4 Å². The fourth-order valence-electron chi connectivity index (χ4n) is 3.26. The van der Waals surface area contributed by atoms with Gasteiger partial charge in [0.1, 0.15) is 0 Å². The van der Waals surface area contributed by atoms with Crippen LogP contribution in [-0.2, 0) is 4.79 Å². The Balaban J connectivity index is 4.00. The monoisotopic (exact) mass is 497 g/mol. The molecule has 0 aromatic heterocycles. The molecular formula is C32H51NO3. The van der Waals surface area contributed by atoms with Crippen LogP contribution in [0, 0.1) is 0 Å². The molecule has 0 saturated heterocycles. The van der Waals surface area contributed by atoms with Gasteiger partial charge >= 0.3 is 0 Å². The number of carbonyl (C=O) groups excluding carboxylic acids is 1. The van der Waals surface area contributed by atoms with E-state index in [0.29, 0.717) is 0 Å². The lowest BCUT2D eigenvalue weighted by Gasteiger charge is -2.19. The molecular weight excluding hydrogens is 446 g/mol. The molecule has 36 heavy (non-hydrogen) atoms. The van der Waals surface area contributed by atoms with E-state index >= 15 is 0 Å². The topological polar surface area (TPSA) is 69.6 Å². The van der Waals surface area contributed by atoms with Crippen LogP contribution in [-0.4, -0.2) is 34.9 Å². The molecule has 0 aromatic rings. The van der Waals surface area contributed by atoms with Gasteiger partial charge in [-0.25, -0.2) is 0 Å². The van der Waals surface area contributed by atoms with E-state index in [4.69, 9.17) is 0 Å². The van der Waals surface area contributed by atoms with Crippen molar-refractivity contribution in [3.05, 3.63) is 85.1 Å². The summed E-state index contributed by atoms with van der Waals surface area (Å²) in [6, 6.07) is -0.693. The average molecular weight is 498 g/mol. The standard InChI is InChI=1S/C32H51NO3/c1-3-5-7-9-11-13-14-15-16-17-18-20-22-24-26-28-32(36)33-30(29-34)31(35)27-25-23-21-19-12-10-8-6-4-2/h5,7,11-13,15-16,18-20,24-27,30-31,34-35H,3-4,6,8-10,14,17,21-23,28-29H2,1-2H3,(H,33,36)/b7-5-,13-11-,16-15-,19-12+,20-18-,26-24-,27-25+. The van der Waals surface area contributed by atoms with Crippen LogP contribution in [0.15, 0.2) is 85.1 Å². The normalized spacial score (nSPS) is 14.7. The number of rotatable bonds is 22. The summed E-state index contributed by atoms with van der Waals surface area (Å²) in [6.07, 6.45) is 39.6. The number of allylic oxidation sites excluding steroid dienone is 12. The fraction of sp³-hybridized carbons (Fsp3) is 0.531. The first-order valence-electron chi connectivity index (χ1n) is 13.8. The van der Waals surface area contributed by atoms with Crippen molar-refractivity contribution >= 4 is 5.91 Å². The second-order valence-corrected chi connectivity index (χ2v) is 8.73. The molecule has 0 radical (unpaired) electrons. The third-order valence-electron chi connectivity index (χ3n) is 5.39. The Hall–Kier alpha value is -2.43. The zero-order chi connectivity index (χ0) is 26.5. The summed E-state index contributed by atoms with van der Waals surface area (Å²) >= 11 is 0. The third kappa shape index (κ3) is 23.3. The lowest BCUT2D eigenvalue weighted by Crippen LogP contribution is -2.44. The summed E-state index contributed by atoms with van der Waals surface area (Å²) in [4.78, 5) is 12.1. The van der Waals surface area contributed by atoms with Gasteiger partial charge in [-0.2, -0.15) is 0 Å². The summed E-state index contributed by atoms with van der Waals surface area (Å²) in [7, 11) is 0. The van der Waals surface area contributed by atoms with Crippen molar-refractivity contribution in [3.63, 3.8) is 0 Å². The fourth-order valence-corrected chi connectivity index (χ4v) is 3.26. The van der Waals surface area contributed by atoms with Crippen LogP contribution >= 0.6 is 0 Å². The van der Waals surface area contributed by atoms with Crippen molar-refractivity contribution in [3.8, 4) is 0 Å². The number of hydrogen-bond donors (Lipinski definition) is 3. The highest BCUT2D eigenvalue weighted by Gasteiger charge is 2.17. The molecule has 3 N–H and O–H groups in total. The van der Waals surface area contributed by atoms with Gasteiger partial charge < -0.3 is 15.5 Å². The van der Waals surface area contributed by atoms with Gasteiger partial charge in [0.05, 0.1) is 18.8 Å². The smallest absolute Gasteiger partial charge is 0.224 e. The number of aliphatic hydroxyl groups excluding tert-OH is 2. The Kier molecular flexibility index (Phi) is 25.3. The number of hydrogen-bond acceptors (Lipinski definition) is 3. The van der Waals surface area contributed by atoms with Crippen molar-refractivity contribution in [1.29, 1.82) is 0 Å². The molecule has 202 valence electrons. The van der Waals surface area contributed by atoms with Gasteiger partial charge in [-0.15, -0.1) is 0 Å². The first kappa shape index (κ1) is 33.6. The molecule has 4 nitrogen and oxygen atoms in total. The van der Waals surface area contributed by atoms with E-state index in [1.54, 1.807) is 6.08 Å². The zero-order valence-electron chi connectivity index (χ0n) is 22.7. The Morgan fingerprint density at radius 2 is 1.22 bits per heavy atom. The molecule has 0 spiro atoms. The van der Waals surface area contributed by atoms with Crippen molar-refractivity contribution in [2.75, 3.05) is 6.61 Å². The summed E-state index contributed by atoms with van der Waals surface area (Å²) in [5, 5.41) is 22.5. The molecule has 0 fully saturated rings. The van der Waals surface area contributed by atoms with Gasteiger partial charge in [-0.3, -0.25) is 4.79 Å². The highest BCUT2D eigenvalue weighted by Crippen LogP contribution is 2.03. The Labute approximate surface area is 221 Å². The Bertz CT molecular complexity index is 713. The van der Waals surface area contributed by atoms with E-state index in [-0.39, 0.29) is 18.9 Å². The van der Waals surface area contributed by atoms with E-state index in [9.17, 15) is 15.0 Å². The van der Waals surface area contributed by atoms with E-state index in [1.165, 1.54) is 19.3 Å². The SMILES string of the molecule is CC/C=C\C/C=C\C/C=C\C/C=C\C/C=C\CC(=O)NC(CO)C(O)/C=C/CC/C=C/CCCCC. The van der Waals surface area contributed by atoms with Crippen LogP contribution in [0.5, 0.6) is 0 Å². The number of carbonyl (C=O) groups is 1. The minimum Gasteiger partial charge on any atom is -0.394 e. The van der Waals surface area contributed by atoms with Crippen molar-refractivity contribution < 1.29 is 15.0 Å². The second-order valence-electron chi connectivity index (χ2n) is 8.73. The molecule has 0 bridgehead atoms. The maximum absolute atomic E-state index is 12.1.